The Bertz CT molecular complexity index is 1010. The van der Waals surface area contributed by atoms with Crippen molar-refractivity contribution in [3.63, 3.8) is 0 Å². The Balaban J connectivity index is 1.80. The third kappa shape index (κ3) is 4.46. The van der Waals surface area contributed by atoms with E-state index >= 15 is 0 Å². The summed E-state index contributed by atoms with van der Waals surface area (Å²) in [4.78, 5) is 15.3. The van der Waals surface area contributed by atoms with Crippen LogP contribution in [0.3, 0.4) is 0 Å². The second-order valence-electron chi connectivity index (χ2n) is 5.63. The van der Waals surface area contributed by atoms with Gasteiger partial charge in [-0.3, -0.25) is 14.5 Å². The Labute approximate surface area is 168 Å². The molecule has 0 saturated carbocycles. The van der Waals surface area contributed by atoms with Gasteiger partial charge in [0.15, 0.2) is 17.5 Å². The van der Waals surface area contributed by atoms with E-state index in [-0.39, 0.29) is 17.9 Å². The molecule has 3 rings (SSSR count). The van der Waals surface area contributed by atoms with Gasteiger partial charge in [0.05, 0.1) is 24.5 Å². The summed E-state index contributed by atoms with van der Waals surface area (Å²) in [5, 5.41) is 6.13. The molecule has 0 unspecified atom stereocenters. The number of hydrogen-bond acceptors (Lipinski definition) is 3. The normalized spacial score (nSPS) is 11.5. The largest absolute Gasteiger partial charge is 0.416 e. The topological polar surface area (TPSA) is 59.8 Å². The lowest BCUT2D eigenvalue weighted by Crippen LogP contribution is -2.17. The number of pyridine rings is 1. The van der Waals surface area contributed by atoms with Gasteiger partial charge < -0.3 is 5.32 Å². The number of anilines is 1. The molecule has 3 aromatic rings. The molecule has 0 aliphatic heterocycles. The van der Waals surface area contributed by atoms with Gasteiger partial charge in [-0.25, -0.2) is 8.78 Å². The molecule has 0 atom stereocenters. The van der Waals surface area contributed by atoms with Crippen LogP contribution in [0, 0.1) is 15.2 Å². The number of alkyl halides is 3. The van der Waals surface area contributed by atoms with E-state index < -0.39 is 34.8 Å². The molecule has 1 aromatic carbocycles. The molecule has 0 spiro atoms. The van der Waals surface area contributed by atoms with E-state index in [1.165, 1.54) is 29.1 Å². The van der Waals surface area contributed by atoms with Crippen LogP contribution >= 0.6 is 22.6 Å². The molecule has 1 amide bonds. The Morgan fingerprint density at radius 3 is 2.46 bits per heavy atom. The number of nitrogens with zero attached hydrogens (tertiary/aromatic N) is 3. The minimum Gasteiger partial charge on any atom is -0.305 e. The first-order chi connectivity index (χ1) is 13.1. The number of hydrogen-bond donors (Lipinski definition) is 1. The van der Waals surface area contributed by atoms with E-state index in [1.54, 1.807) is 22.6 Å². The summed E-state index contributed by atoms with van der Waals surface area (Å²) >= 11 is 1.79. The first-order valence-corrected chi connectivity index (χ1v) is 8.72. The van der Waals surface area contributed by atoms with E-state index in [0.29, 0.717) is 16.0 Å². The van der Waals surface area contributed by atoms with Gasteiger partial charge in [0.2, 0.25) is 0 Å². The lowest BCUT2D eigenvalue weighted by molar-refractivity contribution is -0.138. The third-order valence-corrected chi connectivity index (χ3v) is 4.34. The molecule has 0 aliphatic rings. The zero-order chi connectivity index (χ0) is 20.5. The summed E-state index contributed by atoms with van der Waals surface area (Å²) in [7, 11) is 0. The fourth-order valence-electron chi connectivity index (χ4n) is 2.45. The molecule has 2 heterocycles. The van der Waals surface area contributed by atoms with Crippen LogP contribution in [-0.2, 0) is 12.7 Å². The molecular weight excluding hydrogens is 498 g/mol. The zero-order valence-corrected chi connectivity index (χ0v) is 15.9. The van der Waals surface area contributed by atoms with Crippen LogP contribution in [0.15, 0.2) is 42.9 Å². The molecular formula is C17H10F5IN4O. The van der Waals surface area contributed by atoms with Gasteiger partial charge in [0.1, 0.15) is 5.56 Å². The number of nitrogens with one attached hydrogen (secondary N) is 1. The monoisotopic (exact) mass is 508 g/mol. The Morgan fingerprint density at radius 2 is 1.82 bits per heavy atom. The van der Waals surface area contributed by atoms with Crippen molar-refractivity contribution in [2.24, 2.45) is 0 Å². The number of benzene rings is 1. The van der Waals surface area contributed by atoms with Crippen LogP contribution in [-0.4, -0.2) is 20.7 Å². The smallest absolute Gasteiger partial charge is 0.305 e. The van der Waals surface area contributed by atoms with Crippen LogP contribution in [0.4, 0.5) is 27.8 Å². The average molecular weight is 508 g/mol. The second kappa shape index (κ2) is 7.81. The molecule has 1 N–H and O–H groups in total. The number of aromatic nitrogens is 3. The number of amides is 1. The number of carbonyl (C=O) groups excluding carboxylic acids is 1. The van der Waals surface area contributed by atoms with Crippen LogP contribution < -0.4 is 5.32 Å². The first-order valence-electron chi connectivity index (χ1n) is 7.64. The van der Waals surface area contributed by atoms with E-state index in [9.17, 15) is 26.7 Å². The van der Waals surface area contributed by atoms with Crippen molar-refractivity contribution in [3.8, 4) is 0 Å². The lowest BCUT2D eigenvalue weighted by Gasteiger charge is -2.13. The minimum atomic E-state index is -4.53. The fourth-order valence-corrected chi connectivity index (χ4v) is 2.94. The Hall–Kier alpha value is -2.57. The van der Waals surface area contributed by atoms with Crippen LogP contribution in [0.5, 0.6) is 0 Å². The van der Waals surface area contributed by atoms with E-state index in [1.807, 2.05) is 0 Å². The summed E-state index contributed by atoms with van der Waals surface area (Å²) in [6, 6.07) is 5.20. The van der Waals surface area contributed by atoms with Crippen molar-refractivity contribution in [2.75, 3.05) is 5.32 Å². The fraction of sp³-hybridized carbons (Fsp3) is 0.118. The highest BCUT2D eigenvalue weighted by atomic mass is 127. The molecule has 2 aromatic heterocycles. The molecule has 0 radical (unpaired) electrons. The van der Waals surface area contributed by atoms with Gasteiger partial charge in [-0.1, -0.05) is 6.07 Å². The van der Waals surface area contributed by atoms with Crippen molar-refractivity contribution in [3.05, 3.63) is 74.8 Å². The van der Waals surface area contributed by atoms with E-state index in [0.717, 1.165) is 6.07 Å². The quantitative estimate of drug-likeness (QED) is 0.418. The maximum absolute atomic E-state index is 13.6. The summed E-state index contributed by atoms with van der Waals surface area (Å²) in [6.07, 6.45) is -1.82. The molecule has 11 heteroatoms. The van der Waals surface area contributed by atoms with Crippen molar-refractivity contribution < 1.29 is 26.7 Å². The molecule has 0 aliphatic carbocycles. The van der Waals surface area contributed by atoms with Gasteiger partial charge in [-0.2, -0.15) is 18.3 Å². The highest BCUT2D eigenvalue weighted by Crippen LogP contribution is 2.33. The standard InChI is InChI=1S/C17H10F5IN4O/c18-12-6-24-7-13(19)15(12)16(28)25-14-3-4-27(26-14)8-9-1-2-10(23)5-11(9)17(20,21)22/h1-7H,8H2,(H,25,26,28). The predicted molar refractivity (Wildman–Crippen MR) is 97.6 cm³/mol. The SMILES string of the molecule is O=C(Nc1ccn(Cc2ccc(I)cc2C(F)(F)F)n1)c1c(F)cncc1F. The van der Waals surface area contributed by atoms with Gasteiger partial charge in [0, 0.05) is 15.8 Å². The second-order valence-corrected chi connectivity index (χ2v) is 6.88. The molecule has 0 fully saturated rings. The summed E-state index contributed by atoms with van der Waals surface area (Å²) in [6.45, 7) is -0.209. The van der Waals surface area contributed by atoms with Gasteiger partial charge >= 0.3 is 6.18 Å². The predicted octanol–water partition coefficient (Wildman–Crippen LogP) is 4.48. The molecule has 28 heavy (non-hydrogen) atoms. The number of rotatable bonds is 4. The van der Waals surface area contributed by atoms with E-state index in [4.69, 9.17) is 0 Å². The lowest BCUT2D eigenvalue weighted by atomic mass is 10.1. The van der Waals surface area contributed by atoms with Gasteiger partial charge in [-0.15, -0.1) is 0 Å². The molecule has 5 nitrogen and oxygen atoms in total. The Kier molecular flexibility index (Phi) is 5.63. The van der Waals surface area contributed by atoms with E-state index in [2.05, 4.69) is 15.4 Å². The third-order valence-electron chi connectivity index (χ3n) is 3.67. The van der Waals surface area contributed by atoms with Crippen molar-refractivity contribution in [1.82, 2.24) is 14.8 Å². The summed E-state index contributed by atoms with van der Waals surface area (Å²) in [5.41, 5.74) is -1.64. The van der Waals surface area contributed by atoms with Gasteiger partial charge in [0.25, 0.3) is 5.91 Å². The van der Waals surface area contributed by atoms with Crippen LogP contribution in [0.25, 0.3) is 0 Å². The van der Waals surface area contributed by atoms with Gasteiger partial charge in [-0.05, 0) is 40.3 Å². The number of carbonyl (C=O) groups is 1. The molecule has 0 saturated heterocycles. The van der Waals surface area contributed by atoms with Crippen LogP contribution in [0.1, 0.15) is 21.5 Å². The van der Waals surface area contributed by atoms with Crippen LogP contribution in [0.2, 0.25) is 0 Å². The maximum atomic E-state index is 13.6. The first kappa shape index (κ1) is 20.2. The van der Waals surface area contributed by atoms with Crippen molar-refractivity contribution in [1.29, 1.82) is 0 Å². The van der Waals surface area contributed by atoms with Crippen molar-refractivity contribution in [2.45, 2.75) is 12.7 Å². The summed E-state index contributed by atoms with van der Waals surface area (Å²) < 4.78 is 68.4. The summed E-state index contributed by atoms with van der Waals surface area (Å²) in [5.74, 6) is -3.45. The maximum Gasteiger partial charge on any atom is 0.416 e. The zero-order valence-electron chi connectivity index (χ0n) is 13.8. The Morgan fingerprint density at radius 1 is 1.14 bits per heavy atom. The highest BCUT2D eigenvalue weighted by Gasteiger charge is 2.33. The average Bonchev–Trinajstić information content (AvgIpc) is 3.02. The highest BCUT2D eigenvalue weighted by molar-refractivity contribution is 14.1. The molecule has 146 valence electrons. The van der Waals surface area contributed by atoms with Crippen molar-refractivity contribution >= 4 is 34.3 Å². The number of halogens is 6. The molecule has 0 bridgehead atoms. The minimum absolute atomic E-state index is 0.0138.